The number of thiazole rings is 1. The summed E-state index contributed by atoms with van der Waals surface area (Å²) < 4.78 is 1.11. The molecule has 17 heavy (non-hydrogen) atoms. The number of benzene rings is 1. The zero-order chi connectivity index (χ0) is 12.1. The van der Waals surface area contributed by atoms with Crippen molar-refractivity contribution >= 4 is 32.4 Å². The van der Waals surface area contributed by atoms with Gasteiger partial charge in [0.1, 0.15) is 0 Å². The highest BCUT2D eigenvalue weighted by molar-refractivity contribution is 7.22. The minimum atomic E-state index is 0.278. The number of nitrogens with one attached hydrogen (secondary N) is 1. The van der Waals surface area contributed by atoms with Crippen LogP contribution < -0.4 is 11.1 Å². The maximum absolute atomic E-state index is 8.66. The molecule has 0 radical (unpaired) electrons. The van der Waals surface area contributed by atoms with Gasteiger partial charge in [-0.15, -0.1) is 0 Å². The van der Waals surface area contributed by atoms with Crippen LogP contribution in [-0.2, 0) is 0 Å². The molecule has 4 nitrogen and oxygen atoms in total. The molecular weight excluding hydrogens is 234 g/mol. The summed E-state index contributed by atoms with van der Waals surface area (Å²) in [6.07, 6.45) is 2.97. The van der Waals surface area contributed by atoms with Crippen molar-refractivity contribution in [3.63, 3.8) is 0 Å². The van der Waals surface area contributed by atoms with E-state index < -0.39 is 0 Å². The predicted octanol–water partition coefficient (Wildman–Crippen LogP) is 2.45. The van der Waals surface area contributed by atoms with Gasteiger partial charge in [-0.1, -0.05) is 11.3 Å². The van der Waals surface area contributed by atoms with E-state index in [1.807, 2.05) is 18.2 Å². The third-order valence-electron chi connectivity index (χ3n) is 2.52. The number of aromatic nitrogens is 1. The van der Waals surface area contributed by atoms with Gasteiger partial charge in [-0.2, -0.15) is 0 Å². The number of aliphatic hydroxyl groups excluding tert-OH is 1. The third kappa shape index (κ3) is 3.31. The number of hydrogen-bond acceptors (Lipinski definition) is 5. The molecule has 0 aliphatic rings. The van der Waals surface area contributed by atoms with Crippen molar-refractivity contribution in [2.24, 2.45) is 0 Å². The second kappa shape index (κ2) is 5.84. The first kappa shape index (κ1) is 12.1. The smallest absolute Gasteiger partial charge is 0.183 e. The molecule has 0 spiro atoms. The van der Waals surface area contributed by atoms with Gasteiger partial charge >= 0.3 is 0 Å². The van der Waals surface area contributed by atoms with Gasteiger partial charge in [0.25, 0.3) is 0 Å². The molecular formula is C12H17N3OS. The van der Waals surface area contributed by atoms with Crippen molar-refractivity contribution in [1.82, 2.24) is 4.98 Å². The maximum Gasteiger partial charge on any atom is 0.183 e. The van der Waals surface area contributed by atoms with Crippen molar-refractivity contribution in [1.29, 1.82) is 0 Å². The highest BCUT2D eigenvalue weighted by Gasteiger charge is 2.02. The molecule has 2 rings (SSSR count). The van der Waals surface area contributed by atoms with Crippen LogP contribution >= 0.6 is 11.3 Å². The van der Waals surface area contributed by atoms with Gasteiger partial charge in [-0.25, -0.2) is 4.98 Å². The number of rotatable bonds is 6. The molecule has 2 aromatic rings. The monoisotopic (exact) mass is 251 g/mol. The summed E-state index contributed by atoms with van der Waals surface area (Å²) in [5.41, 5.74) is 7.48. The normalized spacial score (nSPS) is 10.9. The molecule has 0 atom stereocenters. The van der Waals surface area contributed by atoms with Crippen molar-refractivity contribution in [2.75, 3.05) is 24.2 Å². The Kier molecular flexibility index (Phi) is 4.17. The Bertz CT molecular complexity index is 484. The fourth-order valence-electron chi connectivity index (χ4n) is 1.63. The lowest BCUT2D eigenvalue weighted by molar-refractivity contribution is 0.283. The molecule has 0 fully saturated rings. The molecule has 0 unspecified atom stereocenters. The van der Waals surface area contributed by atoms with Crippen LogP contribution in [0.3, 0.4) is 0 Å². The van der Waals surface area contributed by atoms with E-state index in [4.69, 9.17) is 10.8 Å². The van der Waals surface area contributed by atoms with Crippen LogP contribution in [0.4, 0.5) is 10.8 Å². The Labute approximate surface area is 104 Å². The number of aliphatic hydroxyl groups is 1. The highest BCUT2D eigenvalue weighted by atomic mass is 32.1. The molecule has 1 heterocycles. The minimum Gasteiger partial charge on any atom is -0.399 e. The summed E-state index contributed by atoms with van der Waals surface area (Å²) in [5.74, 6) is 0. The fraction of sp³-hybridized carbons (Fsp3) is 0.417. The van der Waals surface area contributed by atoms with Crippen molar-refractivity contribution in [3.8, 4) is 0 Å². The number of nitrogens with two attached hydrogens (primary N) is 1. The average Bonchev–Trinajstić information content (AvgIpc) is 2.70. The first-order valence-corrected chi connectivity index (χ1v) is 6.62. The molecule has 1 aromatic carbocycles. The fourth-order valence-corrected chi connectivity index (χ4v) is 2.57. The molecule has 0 aliphatic carbocycles. The average molecular weight is 251 g/mol. The Morgan fingerprint density at radius 2 is 2.18 bits per heavy atom. The quantitative estimate of drug-likeness (QED) is 0.545. The van der Waals surface area contributed by atoms with E-state index in [1.54, 1.807) is 11.3 Å². The van der Waals surface area contributed by atoms with E-state index in [0.717, 1.165) is 46.8 Å². The van der Waals surface area contributed by atoms with Crippen LogP contribution in [-0.4, -0.2) is 23.2 Å². The molecule has 0 bridgehead atoms. The molecule has 92 valence electrons. The van der Waals surface area contributed by atoms with E-state index in [1.165, 1.54) is 0 Å². The van der Waals surface area contributed by atoms with E-state index in [9.17, 15) is 0 Å². The summed E-state index contributed by atoms with van der Waals surface area (Å²) in [5, 5.41) is 12.9. The maximum atomic E-state index is 8.66. The number of fused-ring (bicyclic) bond motifs is 1. The van der Waals surface area contributed by atoms with Crippen LogP contribution in [0.5, 0.6) is 0 Å². The third-order valence-corrected chi connectivity index (χ3v) is 3.50. The number of unbranched alkanes of at least 4 members (excludes halogenated alkanes) is 2. The zero-order valence-electron chi connectivity index (χ0n) is 9.65. The summed E-state index contributed by atoms with van der Waals surface area (Å²) in [4.78, 5) is 4.47. The largest absolute Gasteiger partial charge is 0.399 e. The molecule has 5 heteroatoms. The van der Waals surface area contributed by atoms with Gasteiger partial charge in [0, 0.05) is 18.8 Å². The van der Waals surface area contributed by atoms with Crippen LogP contribution in [0.1, 0.15) is 19.3 Å². The first-order chi connectivity index (χ1) is 8.29. The van der Waals surface area contributed by atoms with Crippen molar-refractivity contribution in [3.05, 3.63) is 18.2 Å². The van der Waals surface area contributed by atoms with E-state index in [-0.39, 0.29) is 6.61 Å². The Hall–Kier alpha value is -1.33. The molecule has 1 aromatic heterocycles. The lowest BCUT2D eigenvalue weighted by atomic mass is 10.2. The first-order valence-electron chi connectivity index (χ1n) is 5.80. The van der Waals surface area contributed by atoms with Gasteiger partial charge in [-0.05, 0) is 37.5 Å². The molecule has 0 amide bonds. The van der Waals surface area contributed by atoms with Gasteiger partial charge in [0.15, 0.2) is 5.13 Å². The summed E-state index contributed by atoms with van der Waals surface area (Å²) >= 11 is 1.62. The highest BCUT2D eigenvalue weighted by Crippen LogP contribution is 2.27. The lowest BCUT2D eigenvalue weighted by Gasteiger charge is -2.00. The van der Waals surface area contributed by atoms with Crippen LogP contribution in [0.25, 0.3) is 10.2 Å². The second-order valence-corrected chi connectivity index (χ2v) is 4.99. The molecule has 0 saturated heterocycles. The lowest BCUT2D eigenvalue weighted by Crippen LogP contribution is -2.01. The Balaban J connectivity index is 1.91. The zero-order valence-corrected chi connectivity index (χ0v) is 10.5. The van der Waals surface area contributed by atoms with Gasteiger partial charge in [-0.3, -0.25) is 0 Å². The van der Waals surface area contributed by atoms with Crippen LogP contribution in [0.2, 0.25) is 0 Å². The summed E-state index contributed by atoms with van der Waals surface area (Å²) in [7, 11) is 0. The molecule has 0 saturated carbocycles. The van der Waals surface area contributed by atoms with Crippen LogP contribution in [0, 0.1) is 0 Å². The van der Waals surface area contributed by atoms with E-state index in [2.05, 4.69) is 10.3 Å². The second-order valence-electron chi connectivity index (χ2n) is 3.96. The topological polar surface area (TPSA) is 71.2 Å². The Morgan fingerprint density at radius 3 is 3.00 bits per heavy atom. The number of nitrogen functional groups attached to an aromatic ring is 1. The Morgan fingerprint density at radius 1 is 1.29 bits per heavy atom. The van der Waals surface area contributed by atoms with Crippen molar-refractivity contribution in [2.45, 2.75) is 19.3 Å². The van der Waals surface area contributed by atoms with Crippen molar-refractivity contribution < 1.29 is 5.11 Å². The number of anilines is 2. The van der Waals surface area contributed by atoms with Crippen LogP contribution in [0.15, 0.2) is 18.2 Å². The van der Waals surface area contributed by atoms with E-state index in [0.29, 0.717) is 0 Å². The van der Waals surface area contributed by atoms with E-state index >= 15 is 0 Å². The standard InChI is InChI=1S/C12H17N3OS/c13-9-4-5-10-11(8-9)17-12(15-10)14-6-2-1-3-7-16/h4-5,8,16H,1-3,6-7,13H2,(H,14,15). The van der Waals surface area contributed by atoms with Gasteiger partial charge < -0.3 is 16.2 Å². The SMILES string of the molecule is Nc1ccc2nc(NCCCCCO)sc2c1. The molecule has 0 aliphatic heterocycles. The number of nitrogens with zero attached hydrogens (tertiary/aromatic N) is 1. The molecule has 4 N–H and O–H groups in total. The summed E-state index contributed by atoms with van der Waals surface area (Å²) in [6, 6.07) is 5.76. The van der Waals surface area contributed by atoms with Gasteiger partial charge in [0.2, 0.25) is 0 Å². The summed E-state index contributed by atoms with van der Waals surface area (Å²) in [6.45, 7) is 1.18. The minimum absolute atomic E-state index is 0.278. The predicted molar refractivity (Wildman–Crippen MR) is 73.5 cm³/mol. The van der Waals surface area contributed by atoms with Gasteiger partial charge in [0.05, 0.1) is 10.2 Å². The number of hydrogen-bond donors (Lipinski definition) is 3.